The van der Waals surface area contributed by atoms with Gasteiger partial charge in [0.1, 0.15) is 5.69 Å². The Morgan fingerprint density at radius 3 is 2.67 bits per heavy atom. The number of hydrogen-bond donors (Lipinski definition) is 3. The molecular formula is C16H21N3O2. The molecule has 0 spiro atoms. The molecule has 0 aliphatic carbocycles. The van der Waals surface area contributed by atoms with E-state index in [0.717, 1.165) is 5.56 Å². The zero-order valence-electron chi connectivity index (χ0n) is 12.3. The number of aromatic nitrogens is 2. The zero-order valence-corrected chi connectivity index (χ0v) is 12.3. The Morgan fingerprint density at radius 1 is 1.38 bits per heavy atom. The minimum Gasteiger partial charge on any atom is -0.393 e. The van der Waals surface area contributed by atoms with Crippen LogP contribution in [0.5, 0.6) is 0 Å². The van der Waals surface area contributed by atoms with Gasteiger partial charge in [-0.05, 0) is 25.0 Å². The third-order valence-corrected chi connectivity index (χ3v) is 3.86. The van der Waals surface area contributed by atoms with E-state index in [9.17, 15) is 9.90 Å². The van der Waals surface area contributed by atoms with Gasteiger partial charge in [0.05, 0.1) is 6.10 Å². The van der Waals surface area contributed by atoms with Gasteiger partial charge in [-0.3, -0.25) is 9.89 Å². The number of hydrogen-bond acceptors (Lipinski definition) is 3. The van der Waals surface area contributed by atoms with Gasteiger partial charge in [0, 0.05) is 18.2 Å². The summed E-state index contributed by atoms with van der Waals surface area (Å²) in [6.45, 7) is 4.11. The third kappa shape index (κ3) is 3.92. The maximum Gasteiger partial charge on any atom is 0.269 e. The van der Waals surface area contributed by atoms with Crippen molar-refractivity contribution in [2.45, 2.75) is 26.4 Å². The molecule has 1 aromatic heterocycles. The van der Waals surface area contributed by atoms with E-state index >= 15 is 0 Å². The van der Waals surface area contributed by atoms with Crippen LogP contribution in [0.25, 0.3) is 0 Å². The molecule has 21 heavy (non-hydrogen) atoms. The summed E-state index contributed by atoms with van der Waals surface area (Å²) in [6, 6.07) is 11.6. The first-order valence-electron chi connectivity index (χ1n) is 7.01. The third-order valence-electron chi connectivity index (χ3n) is 3.86. The maximum absolute atomic E-state index is 12.0. The summed E-state index contributed by atoms with van der Waals surface area (Å²) in [5.41, 5.74) is 1.12. The number of aromatic amines is 1. The summed E-state index contributed by atoms with van der Waals surface area (Å²) < 4.78 is 0. The number of nitrogens with zero attached hydrogens (tertiary/aromatic N) is 1. The molecule has 1 amide bonds. The Kier molecular flexibility index (Phi) is 4.75. The number of rotatable bonds is 6. The lowest BCUT2D eigenvalue weighted by molar-refractivity contribution is 0.0499. The number of carbonyl (C=O) groups is 1. The number of aliphatic hydroxyl groups is 1. The van der Waals surface area contributed by atoms with E-state index < -0.39 is 11.5 Å². The van der Waals surface area contributed by atoms with Crippen molar-refractivity contribution in [1.29, 1.82) is 0 Å². The molecule has 1 heterocycles. The van der Waals surface area contributed by atoms with Crippen molar-refractivity contribution in [1.82, 2.24) is 15.5 Å². The van der Waals surface area contributed by atoms with Gasteiger partial charge < -0.3 is 10.4 Å². The van der Waals surface area contributed by atoms with Gasteiger partial charge in [-0.25, -0.2) is 0 Å². The lowest BCUT2D eigenvalue weighted by Crippen LogP contribution is -2.43. The van der Waals surface area contributed by atoms with Gasteiger partial charge in [0.15, 0.2) is 0 Å². The summed E-state index contributed by atoms with van der Waals surface area (Å²) in [6.07, 6.45) is 1.68. The van der Waals surface area contributed by atoms with Crippen molar-refractivity contribution in [3.8, 4) is 0 Å². The van der Waals surface area contributed by atoms with Crippen LogP contribution >= 0.6 is 0 Å². The Labute approximate surface area is 124 Å². The summed E-state index contributed by atoms with van der Waals surface area (Å²) in [4.78, 5) is 12.0. The number of carbonyl (C=O) groups excluding carboxylic acids is 1. The minimum absolute atomic E-state index is 0.215. The molecule has 0 saturated carbocycles. The predicted molar refractivity (Wildman–Crippen MR) is 80.9 cm³/mol. The largest absolute Gasteiger partial charge is 0.393 e. The fourth-order valence-electron chi connectivity index (χ4n) is 2.18. The molecule has 112 valence electrons. The van der Waals surface area contributed by atoms with Crippen molar-refractivity contribution in [2.24, 2.45) is 5.41 Å². The Hall–Kier alpha value is -2.14. The molecule has 0 unspecified atom stereocenters. The lowest BCUT2D eigenvalue weighted by atomic mass is 9.79. The maximum atomic E-state index is 12.0. The molecule has 0 aliphatic rings. The molecule has 2 rings (SSSR count). The quantitative estimate of drug-likeness (QED) is 0.757. The topological polar surface area (TPSA) is 78.0 Å². The van der Waals surface area contributed by atoms with E-state index in [2.05, 4.69) is 15.5 Å². The molecule has 0 saturated heterocycles. The molecule has 2 aromatic rings. The zero-order chi connectivity index (χ0) is 15.3. The van der Waals surface area contributed by atoms with Gasteiger partial charge in [0.2, 0.25) is 0 Å². The van der Waals surface area contributed by atoms with Crippen molar-refractivity contribution in [2.75, 3.05) is 6.54 Å². The number of amides is 1. The van der Waals surface area contributed by atoms with Crippen molar-refractivity contribution >= 4 is 5.91 Å². The minimum atomic E-state index is -0.542. The smallest absolute Gasteiger partial charge is 0.269 e. The molecule has 5 heteroatoms. The van der Waals surface area contributed by atoms with Crippen LogP contribution in [0.2, 0.25) is 0 Å². The second kappa shape index (κ2) is 6.54. The summed E-state index contributed by atoms with van der Waals surface area (Å²) in [5, 5.41) is 19.3. The highest BCUT2D eigenvalue weighted by atomic mass is 16.3. The van der Waals surface area contributed by atoms with E-state index in [-0.39, 0.29) is 5.91 Å². The number of nitrogens with one attached hydrogen (secondary N) is 2. The van der Waals surface area contributed by atoms with Crippen LogP contribution in [0, 0.1) is 5.41 Å². The Balaban J connectivity index is 2.03. The van der Waals surface area contributed by atoms with Crippen LogP contribution in [-0.2, 0) is 6.42 Å². The summed E-state index contributed by atoms with van der Waals surface area (Å²) >= 11 is 0. The highest BCUT2D eigenvalue weighted by molar-refractivity contribution is 5.92. The van der Waals surface area contributed by atoms with Gasteiger partial charge in [0.25, 0.3) is 5.91 Å². The molecule has 0 aliphatic heterocycles. The molecular weight excluding hydrogens is 266 g/mol. The molecule has 0 fully saturated rings. The normalized spacial score (nSPS) is 15.2. The summed E-state index contributed by atoms with van der Waals surface area (Å²) in [5.74, 6) is -0.215. The average molecular weight is 287 g/mol. The number of H-pyrrole nitrogens is 1. The van der Waals surface area contributed by atoms with Gasteiger partial charge >= 0.3 is 0 Å². The second-order valence-electron chi connectivity index (χ2n) is 5.65. The number of aliphatic hydroxyl groups excluding tert-OH is 1. The van der Waals surface area contributed by atoms with Crippen LogP contribution in [0.15, 0.2) is 42.6 Å². The van der Waals surface area contributed by atoms with Crippen LogP contribution in [-0.4, -0.2) is 33.9 Å². The first-order valence-corrected chi connectivity index (χ1v) is 7.01. The molecule has 5 nitrogen and oxygen atoms in total. The Morgan fingerprint density at radius 2 is 2.10 bits per heavy atom. The Bertz CT molecular complexity index is 566. The predicted octanol–water partition coefficient (Wildman–Crippen LogP) is 1.77. The fourth-order valence-corrected chi connectivity index (χ4v) is 2.18. The highest BCUT2D eigenvalue weighted by Crippen LogP contribution is 2.26. The molecule has 0 bridgehead atoms. The molecule has 1 aromatic carbocycles. The SMILES string of the molecule is C[C@@H](O)[C@](C)(CNC(=O)c1ccn[nH]1)Cc1ccccc1. The van der Waals surface area contributed by atoms with Gasteiger partial charge in [-0.1, -0.05) is 37.3 Å². The molecule has 3 N–H and O–H groups in total. The van der Waals surface area contributed by atoms with Crippen LogP contribution in [0.3, 0.4) is 0 Å². The number of benzene rings is 1. The molecule has 2 atom stereocenters. The van der Waals surface area contributed by atoms with Gasteiger partial charge in [-0.15, -0.1) is 0 Å². The fraction of sp³-hybridized carbons (Fsp3) is 0.375. The monoisotopic (exact) mass is 287 g/mol. The van der Waals surface area contributed by atoms with E-state index in [1.54, 1.807) is 13.0 Å². The van der Waals surface area contributed by atoms with Crippen LogP contribution < -0.4 is 5.32 Å². The summed E-state index contributed by atoms with van der Waals surface area (Å²) in [7, 11) is 0. The van der Waals surface area contributed by atoms with Crippen molar-refractivity contribution in [3.05, 3.63) is 53.9 Å². The lowest BCUT2D eigenvalue weighted by Gasteiger charge is -2.33. The van der Waals surface area contributed by atoms with Crippen LogP contribution in [0.4, 0.5) is 0 Å². The average Bonchev–Trinajstić information content (AvgIpc) is 3.00. The van der Waals surface area contributed by atoms with E-state index in [4.69, 9.17) is 0 Å². The first kappa shape index (κ1) is 15.3. The van der Waals surface area contributed by atoms with E-state index in [1.165, 1.54) is 6.20 Å². The molecule has 0 radical (unpaired) electrons. The van der Waals surface area contributed by atoms with Crippen molar-refractivity contribution < 1.29 is 9.90 Å². The van der Waals surface area contributed by atoms with E-state index in [1.807, 2.05) is 37.3 Å². The standard InChI is InChI=1S/C16H21N3O2/c1-12(20)16(2,10-13-6-4-3-5-7-13)11-17-15(21)14-8-9-18-19-14/h3-9,12,20H,10-11H2,1-2H3,(H,17,21)(H,18,19)/t12-,16+/m1/s1. The van der Waals surface area contributed by atoms with Crippen molar-refractivity contribution in [3.63, 3.8) is 0 Å². The van der Waals surface area contributed by atoms with E-state index in [0.29, 0.717) is 18.7 Å². The highest BCUT2D eigenvalue weighted by Gasteiger charge is 2.31. The van der Waals surface area contributed by atoms with Crippen LogP contribution in [0.1, 0.15) is 29.9 Å². The second-order valence-corrected chi connectivity index (χ2v) is 5.65. The first-order chi connectivity index (χ1) is 10.0. The van der Waals surface area contributed by atoms with Gasteiger partial charge in [-0.2, -0.15) is 5.10 Å².